The molecule has 0 aromatic carbocycles. The lowest BCUT2D eigenvalue weighted by atomic mass is 10.2. The zero-order valence-corrected chi connectivity index (χ0v) is 9.83. The van der Waals surface area contributed by atoms with E-state index in [9.17, 15) is 14.4 Å². The molecule has 8 heteroatoms. The van der Waals surface area contributed by atoms with Crippen molar-refractivity contribution in [3.63, 3.8) is 0 Å². The first-order valence-corrected chi connectivity index (χ1v) is 5.64. The number of aliphatic carboxylic acids is 1. The van der Waals surface area contributed by atoms with E-state index in [1.807, 2.05) is 0 Å². The number of amides is 3. The van der Waals surface area contributed by atoms with Crippen LogP contribution in [-0.4, -0.2) is 58.3 Å². The fraction of sp³-hybridized carbons (Fsp3) is 0.700. The molecule has 1 aliphatic rings. The third kappa shape index (κ3) is 4.21. The summed E-state index contributed by atoms with van der Waals surface area (Å²) in [5, 5.41) is 19.9. The Morgan fingerprint density at radius 3 is 2.39 bits per heavy atom. The average molecular weight is 259 g/mol. The highest BCUT2D eigenvalue weighted by Crippen LogP contribution is 2.26. The molecule has 1 saturated carbocycles. The SMILES string of the molecule is NC(=O)C[C@@H](NC(=O)N(CCO)C1CC1)C(=O)O. The first-order chi connectivity index (χ1) is 8.45. The molecule has 1 aliphatic carbocycles. The second-order valence-electron chi connectivity index (χ2n) is 4.16. The zero-order valence-electron chi connectivity index (χ0n) is 9.83. The van der Waals surface area contributed by atoms with Crippen LogP contribution in [0.2, 0.25) is 0 Å². The minimum Gasteiger partial charge on any atom is -0.480 e. The van der Waals surface area contributed by atoms with Gasteiger partial charge in [0.2, 0.25) is 5.91 Å². The normalized spacial score (nSPS) is 15.8. The van der Waals surface area contributed by atoms with E-state index in [0.29, 0.717) is 0 Å². The van der Waals surface area contributed by atoms with Gasteiger partial charge in [0.1, 0.15) is 6.04 Å². The molecule has 1 fully saturated rings. The Morgan fingerprint density at radius 2 is 2.00 bits per heavy atom. The van der Waals surface area contributed by atoms with Crippen LogP contribution >= 0.6 is 0 Å². The maximum Gasteiger partial charge on any atom is 0.326 e. The summed E-state index contributed by atoms with van der Waals surface area (Å²) in [5.41, 5.74) is 4.91. The van der Waals surface area contributed by atoms with Crippen molar-refractivity contribution in [1.29, 1.82) is 0 Å². The fourth-order valence-electron chi connectivity index (χ4n) is 1.58. The van der Waals surface area contributed by atoms with Crippen LogP contribution in [0.15, 0.2) is 0 Å². The summed E-state index contributed by atoms with van der Waals surface area (Å²) in [5.74, 6) is -2.12. The number of carbonyl (C=O) groups excluding carboxylic acids is 2. The highest BCUT2D eigenvalue weighted by molar-refractivity contribution is 5.87. The van der Waals surface area contributed by atoms with Gasteiger partial charge in [-0.25, -0.2) is 9.59 Å². The number of primary amides is 1. The Balaban J connectivity index is 2.58. The molecule has 0 saturated heterocycles. The van der Waals surface area contributed by atoms with Crippen LogP contribution in [0.1, 0.15) is 19.3 Å². The molecule has 0 aromatic heterocycles. The van der Waals surface area contributed by atoms with Crippen LogP contribution < -0.4 is 11.1 Å². The molecule has 8 nitrogen and oxygen atoms in total. The Labute approximate surface area is 104 Å². The van der Waals surface area contributed by atoms with Crippen LogP contribution in [0.4, 0.5) is 4.79 Å². The van der Waals surface area contributed by atoms with Gasteiger partial charge in [0.05, 0.1) is 13.0 Å². The number of hydrogen-bond donors (Lipinski definition) is 4. The molecule has 0 bridgehead atoms. The van der Waals surface area contributed by atoms with Crippen molar-refractivity contribution in [2.45, 2.75) is 31.3 Å². The van der Waals surface area contributed by atoms with Crippen molar-refractivity contribution in [2.24, 2.45) is 5.73 Å². The molecule has 1 rings (SSSR count). The molecule has 0 aromatic rings. The van der Waals surface area contributed by atoms with Gasteiger partial charge in [-0.15, -0.1) is 0 Å². The van der Waals surface area contributed by atoms with E-state index in [0.717, 1.165) is 12.8 Å². The maximum atomic E-state index is 11.8. The molecule has 5 N–H and O–H groups in total. The van der Waals surface area contributed by atoms with Crippen LogP contribution in [0.25, 0.3) is 0 Å². The summed E-state index contributed by atoms with van der Waals surface area (Å²) in [4.78, 5) is 34.7. The average Bonchev–Trinajstić information content (AvgIpc) is 3.07. The smallest absolute Gasteiger partial charge is 0.326 e. The third-order valence-electron chi connectivity index (χ3n) is 2.59. The third-order valence-corrected chi connectivity index (χ3v) is 2.59. The number of carboxylic acids is 1. The lowest BCUT2D eigenvalue weighted by Crippen LogP contribution is -2.50. The van der Waals surface area contributed by atoms with E-state index in [4.69, 9.17) is 15.9 Å². The highest BCUT2D eigenvalue weighted by atomic mass is 16.4. The molecular weight excluding hydrogens is 242 g/mol. The fourth-order valence-corrected chi connectivity index (χ4v) is 1.58. The highest BCUT2D eigenvalue weighted by Gasteiger charge is 2.34. The number of carboxylic acid groups (broad SMARTS) is 1. The molecule has 0 aliphatic heterocycles. The predicted octanol–water partition coefficient (Wildman–Crippen LogP) is -1.52. The summed E-state index contributed by atoms with van der Waals surface area (Å²) < 4.78 is 0. The molecule has 18 heavy (non-hydrogen) atoms. The summed E-state index contributed by atoms with van der Waals surface area (Å²) in [6.45, 7) is -0.0586. The van der Waals surface area contributed by atoms with Gasteiger partial charge in [-0.1, -0.05) is 0 Å². The topological polar surface area (TPSA) is 133 Å². The number of nitrogens with two attached hydrogens (primary N) is 1. The predicted molar refractivity (Wildman–Crippen MR) is 60.6 cm³/mol. The van der Waals surface area contributed by atoms with Crippen molar-refractivity contribution in [1.82, 2.24) is 10.2 Å². The quantitative estimate of drug-likeness (QED) is 0.440. The molecule has 0 heterocycles. The number of urea groups is 1. The number of hydrogen-bond acceptors (Lipinski definition) is 4. The van der Waals surface area contributed by atoms with Gasteiger partial charge in [-0.2, -0.15) is 0 Å². The minimum atomic E-state index is -1.34. The van der Waals surface area contributed by atoms with Crippen molar-refractivity contribution in [3.8, 4) is 0 Å². The van der Waals surface area contributed by atoms with Crippen LogP contribution in [-0.2, 0) is 9.59 Å². The Hall–Kier alpha value is -1.83. The first-order valence-electron chi connectivity index (χ1n) is 5.64. The summed E-state index contributed by atoms with van der Waals surface area (Å²) in [6, 6.07) is -1.89. The molecule has 3 amide bonds. The van der Waals surface area contributed by atoms with Gasteiger partial charge in [0.15, 0.2) is 0 Å². The standard InChI is InChI=1S/C10H17N3O5/c11-8(15)5-7(9(16)17)12-10(18)13(3-4-14)6-1-2-6/h6-7,14H,1-5H2,(H2,11,15)(H,12,18)(H,16,17)/t7-/m1/s1. The van der Waals surface area contributed by atoms with Gasteiger partial charge in [0.25, 0.3) is 0 Å². The lowest BCUT2D eigenvalue weighted by Gasteiger charge is -2.23. The number of carbonyl (C=O) groups is 3. The van der Waals surface area contributed by atoms with E-state index in [-0.39, 0.29) is 19.2 Å². The van der Waals surface area contributed by atoms with Crippen molar-refractivity contribution in [3.05, 3.63) is 0 Å². The number of rotatable bonds is 7. The van der Waals surface area contributed by atoms with Gasteiger partial charge in [-0.3, -0.25) is 4.79 Å². The zero-order chi connectivity index (χ0) is 13.7. The first kappa shape index (κ1) is 14.2. The molecule has 0 unspecified atom stereocenters. The second-order valence-corrected chi connectivity index (χ2v) is 4.16. The lowest BCUT2D eigenvalue weighted by molar-refractivity contribution is -0.141. The van der Waals surface area contributed by atoms with E-state index in [1.54, 1.807) is 0 Å². The molecule has 0 spiro atoms. The largest absolute Gasteiger partial charge is 0.480 e. The molecule has 0 radical (unpaired) electrons. The Morgan fingerprint density at radius 1 is 1.39 bits per heavy atom. The van der Waals surface area contributed by atoms with E-state index < -0.39 is 30.4 Å². The molecular formula is C10H17N3O5. The van der Waals surface area contributed by atoms with E-state index >= 15 is 0 Å². The van der Waals surface area contributed by atoms with E-state index in [2.05, 4.69) is 5.32 Å². The van der Waals surface area contributed by atoms with Crippen LogP contribution in [0, 0.1) is 0 Å². The Bertz CT molecular complexity index is 342. The van der Waals surface area contributed by atoms with Crippen molar-refractivity contribution >= 4 is 17.9 Å². The Kier molecular flexibility index (Phi) is 4.90. The van der Waals surface area contributed by atoms with Crippen molar-refractivity contribution < 1.29 is 24.6 Å². The van der Waals surface area contributed by atoms with E-state index in [1.165, 1.54) is 4.90 Å². The van der Waals surface area contributed by atoms with Crippen LogP contribution in [0.5, 0.6) is 0 Å². The molecule has 102 valence electrons. The summed E-state index contributed by atoms with van der Waals surface area (Å²) in [7, 11) is 0. The summed E-state index contributed by atoms with van der Waals surface area (Å²) >= 11 is 0. The van der Waals surface area contributed by atoms with Gasteiger partial charge in [0, 0.05) is 12.6 Å². The molecule has 1 atom stereocenters. The number of nitrogens with one attached hydrogen (secondary N) is 1. The van der Waals surface area contributed by atoms with Gasteiger partial charge < -0.3 is 26.2 Å². The van der Waals surface area contributed by atoms with Gasteiger partial charge >= 0.3 is 12.0 Å². The van der Waals surface area contributed by atoms with Crippen molar-refractivity contribution in [2.75, 3.05) is 13.2 Å². The second kappa shape index (κ2) is 6.20. The minimum absolute atomic E-state index is 0.0418. The number of nitrogens with zero attached hydrogens (tertiary/aromatic N) is 1. The maximum absolute atomic E-state index is 11.8. The van der Waals surface area contributed by atoms with Gasteiger partial charge in [-0.05, 0) is 12.8 Å². The number of aliphatic hydroxyl groups excluding tert-OH is 1. The monoisotopic (exact) mass is 259 g/mol. The summed E-state index contributed by atoms with van der Waals surface area (Å²) in [6.07, 6.45) is 1.21. The number of aliphatic hydroxyl groups is 1. The van der Waals surface area contributed by atoms with Crippen LogP contribution in [0.3, 0.4) is 0 Å².